The molecule has 0 radical (unpaired) electrons. The summed E-state index contributed by atoms with van der Waals surface area (Å²) in [5.74, 6) is -5.17. The standard InChI is InChI=1S/C33H35Cl2F3N6O2S/c1-17(2)25-26(29(46)43-16-33(37,38)12-23(43)28(45)42-15-32(9-10-32)40-13-18(42)3)47-30-41-31(4,20-6-8-24(35)39-14-20)27(44(25)30)19-5-7-21(34)22(36)11-19/h5-8,11,14,17-18,23,27,40H,9-10,12-13,15-16H2,1-4H3/t18-,23-,27-,31+/m1/s1. The van der Waals surface area contributed by atoms with Gasteiger partial charge >= 0.3 is 0 Å². The lowest BCUT2D eigenvalue weighted by molar-refractivity contribution is -0.144. The number of nitrogens with one attached hydrogen (secondary N) is 1. The van der Waals surface area contributed by atoms with Gasteiger partial charge in [0.15, 0.2) is 5.17 Å². The first-order valence-electron chi connectivity index (χ1n) is 15.8. The molecular formula is C33H35Cl2F3N6O2S. The number of pyridine rings is 1. The molecule has 1 saturated carbocycles. The number of halogens is 5. The predicted molar refractivity (Wildman–Crippen MR) is 176 cm³/mol. The molecule has 1 spiro atoms. The molecule has 0 bridgehead atoms. The number of allylic oxidation sites excluding steroid dienone is 1. The summed E-state index contributed by atoms with van der Waals surface area (Å²) in [6.07, 6.45) is 2.75. The zero-order valence-electron chi connectivity index (χ0n) is 26.4. The molecule has 2 amide bonds. The van der Waals surface area contributed by atoms with Gasteiger partial charge in [-0.1, -0.05) is 49.2 Å². The second kappa shape index (κ2) is 11.4. The molecule has 47 heavy (non-hydrogen) atoms. The first-order chi connectivity index (χ1) is 22.1. The minimum absolute atomic E-state index is 0.0360. The minimum Gasteiger partial charge on any atom is -0.335 e. The Bertz CT molecular complexity index is 1720. The molecule has 1 aliphatic carbocycles. The van der Waals surface area contributed by atoms with Crippen molar-refractivity contribution in [1.29, 1.82) is 0 Å². The van der Waals surface area contributed by atoms with E-state index in [9.17, 15) is 14.0 Å². The molecular weight excluding hydrogens is 672 g/mol. The first kappa shape index (κ1) is 32.7. The van der Waals surface area contributed by atoms with Gasteiger partial charge in [0.2, 0.25) is 5.91 Å². The van der Waals surface area contributed by atoms with E-state index in [4.69, 9.17) is 28.2 Å². The van der Waals surface area contributed by atoms with Crippen LogP contribution in [0.4, 0.5) is 13.2 Å². The van der Waals surface area contributed by atoms with Crippen LogP contribution in [0.15, 0.2) is 52.1 Å². The Labute approximate surface area is 285 Å². The summed E-state index contributed by atoms with van der Waals surface area (Å²) in [6, 6.07) is 5.89. The number of carbonyl (C=O) groups is 2. The minimum atomic E-state index is -3.22. The van der Waals surface area contributed by atoms with E-state index in [1.165, 1.54) is 12.1 Å². The largest absolute Gasteiger partial charge is 0.335 e. The quantitative estimate of drug-likeness (QED) is 0.365. The maximum Gasteiger partial charge on any atom is 0.267 e. The van der Waals surface area contributed by atoms with Gasteiger partial charge in [-0.3, -0.25) is 9.59 Å². The van der Waals surface area contributed by atoms with Crippen LogP contribution < -0.4 is 5.32 Å². The number of rotatable bonds is 5. The normalized spacial score (nSPS) is 29.2. The highest BCUT2D eigenvalue weighted by Crippen LogP contribution is 2.56. The van der Waals surface area contributed by atoms with Gasteiger partial charge in [-0.15, -0.1) is 0 Å². The van der Waals surface area contributed by atoms with E-state index in [0.29, 0.717) is 40.2 Å². The van der Waals surface area contributed by atoms with E-state index in [2.05, 4.69) is 10.3 Å². The van der Waals surface area contributed by atoms with Gasteiger partial charge in [-0.2, -0.15) is 0 Å². The molecule has 4 aliphatic heterocycles. The fraction of sp³-hybridized carbons (Fsp3) is 0.515. The van der Waals surface area contributed by atoms with Crippen molar-refractivity contribution in [2.75, 3.05) is 19.6 Å². The Kier molecular flexibility index (Phi) is 7.93. The molecule has 0 unspecified atom stereocenters. The highest BCUT2D eigenvalue weighted by molar-refractivity contribution is 8.18. The summed E-state index contributed by atoms with van der Waals surface area (Å²) in [6.45, 7) is 7.77. The van der Waals surface area contributed by atoms with Gasteiger partial charge in [0.1, 0.15) is 27.5 Å². The van der Waals surface area contributed by atoms with E-state index in [-0.39, 0.29) is 27.4 Å². The monoisotopic (exact) mass is 706 g/mol. The number of aliphatic imine (C=N–C) groups is 1. The molecule has 250 valence electrons. The number of hydrogen-bond donors (Lipinski definition) is 1. The lowest BCUT2D eigenvalue weighted by Crippen LogP contribution is -2.61. The molecule has 5 aliphatic rings. The fourth-order valence-corrected chi connectivity index (χ4v) is 8.95. The number of alkyl halides is 2. The summed E-state index contributed by atoms with van der Waals surface area (Å²) < 4.78 is 45.3. The van der Waals surface area contributed by atoms with Crippen LogP contribution >= 0.6 is 35.0 Å². The third-order valence-electron chi connectivity index (χ3n) is 10.1. The lowest BCUT2D eigenvalue weighted by atomic mass is 9.81. The van der Waals surface area contributed by atoms with Crippen LogP contribution in [0.5, 0.6) is 0 Å². The molecule has 2 saturated heterocycles. The zero-order valence-corrected chi connectivity index (χ0v) is 28.7. The van der Waals surface area contributed by atoms with Crippen molar-refractivity contribution in [3.63, 3.8) is 0 Å². The second-order valence-corrected chi connectivity index (χ2v) is 15.6. The van der Waals surface area contributed by atoms with Gasteiger partial charge in [0, 0.05) is 48.5 Å². The number of hydrogen-bond acceptors (Lipinski definition) is 7. The Morgan fingerprint density at radius 1 is 1.11 bits per heavy atom. The van der Waals surface area contributed by atoms with Crippen molar-refractivity contribution in [1.82, 2.24) is 25.0 Å². The van der Waals surface area contributed by atoms with Crippen molar-refractivity contribution in [2.24, 2.45) is 10.9 Å². The summed E-state index contributed by atoms with van der Waals surface area (Å²) in [5.41, 5.74) is 0.685. The summed E-state index contributed by atoms with van der Waals surface area (Å²) in [5, 5.41) is 4.22. The number of likely N-dealkylation sites (tertiary alicyclic amines) is 1. The average Bonchev–Trinajstić information content (AvgIpc) is 3.40. The molecule has 1 N–H and O–H groups in total. The molecule has 1 aromatic heterocycles. The third-order valence-corrected chi connectivity index (χ3v) is 11.6. The van der Waals surface area contributed by atoms with Gasteiger partial charge in [0.05, 0.1) is 17.6 Å². The fourth-order valence-electron chi connectivity index (χ4n) is 7.36. The van der Waals surface area contributed by atoms with Gasteiger partial charge in [0.25, 0.3) is 11.8 Å². The third kappa shape index (κ3) is 5.53. The molecule has 2 aromatic rings. The number of amidine groups is 1. The number of amides is 2. The molecule has 4 atom stereocenters. The molecule has 7 rings (SSSR count). The summed E-state index contributed by atoms with van der Waals surface area (Å²) >= 11 is 13.3. The summed E-state index contributed by atoms with van der Waals surface area (Å²) in [7, 11) is 0. The number of thioether (sulfide) groups is 1. The van der Waals surface area contributed by atoms with Crippen molar-refractivity contribution in [3.8, 4) is 0 Å². The van der Waals surface area contributed by atoms with Crippen LogP contribution in [0.1, 0.15) is 64.1 Å². The molecule has 3 fully saturated rings. The van der Waals surface area contributed by atoms with E-state index in [0.717, 1.165) is 29.5 Å². The molecule has 1 aromatic carbocycles. The van der Waals surface area contributed by atoms with Gasteiger partial charge in [-0.25, -0.2) is 23.1 Å². The van der Waals surface area contributed by atoms with Crippen LogP contribution in [-0.2, 0) is 15.1 Å². The number of benzene rings is 1. The smallest absolute Gasteiger partial charge is 0.267 e. The molecule has 8 nitrogen and oxygen atoms in total. The lowest BCUT2D eigenvalue weighted by Gasteiger charge is -2.41. The Hall–Kier alpha value is -2.80. The van der Waals surface area contributed by atoms with Crippen LogP contribution in [-0.4, -0.2) is 79.8 Å². The van der Waals surface area contributed by atoms with E-state index < -0.39 is 54.1 Å². The highest BCUT2D eigenvalue weighted by Gasteiger charge is 2.58. The SMILES string of the molecule is CC(C)C1=C(C(=O)N2CC(F)(F)C[C@@H]2C(=O)N2CC3(CC3)NC[C@H]2C)SC2=N[C@@](C)(c3ccc(Cl)nc3)[C@@H](c3ccc(Cl)c(F)c3)N21. The number of carbonyl (C=O) groups excluding carboxylic acids is 2. The topological polar surface area (TPSA) is 81.1 Å². The Morgan fingerprint density at radius 3 is 2.49 bits per heavy atom. The second-order valence-electron chi connectivity index (χ2n) is 13.8. The zero-order chi connectivity index (χ0) is 33.6. The number of aromatic nitrogens is 1. The molecule has 5 heterocycles. The van der Waals surface area contributed by atoms with Crippen molar-refractivity contribution in [2.45, 2.75) is 82.1 Å². The van der Waals surface area contributed by atoms with Crippen molar-refractivity contribution < 1.29 is 22.8 Å². The average molecular weight is 708 g/mol. The summed E-state index contributed by atoms with van der Waals surface area (Å²) in [4.78, 5) is 42.7. The number of piperazine rings is 1. The van der Waals surface area contributed by atoms with Crippen LogP contribution in [0.25, 0.3) is 0 Å². The Morgan fingerprint density at radius 2 is 1.85 bits per heavy atom. The number of fused-ring (bicyclic) bond motifs is 1. The van der Waals surface area contributed by atoms with E-state index >= 15 is 8.78 Å². The first-order valence-corrected chi connectivity index (χ1v) is 17.3. The van der Waals surface area contributed by atoms with Crippen molar-refractivity contribution >= 4 is 51.9 Å². The van der Waals surface area contributed by atoms with Crippen LogP contribution in [0, 0.1) is 11.7 Å². The van der Waals surface area contributed by atoms with Gasteiger partial charge in [-0.05, 0) is 68.1 Å². The van der Waals surface area contributed by atoms with Crippen LogP contribution in [0.3, 0.4) is 0 Å². The van der Waals surface area contributed by atoms with Gasteiger partial charge < -0.3 is 20.0 Å². The highest BCUT2D eigenvalue weighted by atomic mass is 35.5. The van der Waals surface area contributed by atoms with Crippen LogP contribution in [0.2, 0.25) is 10.2 Å². The van der Waals surface area contributed by atoms with E-state index in [1.54, 1.807) is 23.2 Å². The van der Waals surface area contributed by atoms with Crippen molar-refractivity contribution in [3.05, 3.63) is 74.3 Å². The maximum atomic E-state index is 15.1. The predicted octanol–water partition coefficient (Wildman–Crippen LogP) is 6.36. The van der Waals surface area contributed by atoms with E-state index in [1.807, 2.05) is 38.7 Å². The Balaban J connectivity index is 1.28. The number of nitrogens with zero attached hydrogens (tertiary/aromatic N) is 5. The molecule has 14 heteroatoms. The maximum absolute atomic E-state index is 15.1.